The van der Waals surface area contributed by atoms with E-state index in [2.05, 4.69) is 27.4 Å². The quantitative estimate of drug-likeness (QED) is 0.431. The van der Waals surface area contributed by atoms with Crippen molar-refractivity contribution in [1.82, 2.24) is 20.1 Å². The number of hydrogen-bond acceptors (Lipinski definition) is 7. The molecule has 3 aromatic rings. The Morgan fingerprint density at radius 1 is 1.04 bits per heavy atom. The molecule has 0 saturated carbocycles. The maximum Gasteiger partial charge on any atom is 0.439 e. The number of aryl methyl sites for hydroxylation is 2. The van der Waals surface area contributed by atoms with Gasteiger partial charge < -0.3 is 0 Å². The minimum atomic E-state index is -4.94. The molecule has 9 nitrogen and oxygen atoms in total. The van der Waals surface area contributed by atoms with Crippen LogP contribution in [-0.4, -0.2) is 20.1 Å². The van der Waals surface area contributed by atoms with Crippen molar-refractivity contribution < 1.29 is 33.4 Å². The van der Waals surface area contributed by atoms with E-state index >= 15 is 0 Å². The average Bonchev–Trinajstić information content (AvgIpc) is 2.97. The zero-order valence-corrected chi connectivity index (χ0v) is 14.0. The third-order valence-electron chi connectivity index (χ3n) is 3.83. The van der Waals surface area contributed by atoms with Crippen molar-refractivity contribution in [2.75, 3.05) is 0 Å². The van der Waals surface area contributed by atoms with E-state index < -0.39 is 10.2 Å². The molecule has 0 atom stereocenters. The Hall–Kier alpha value is -2.17. The Labute approximate surface area is 145 Å². The van der Waals surface area contributed by atoms with Crippen LogP contribution in [0.4, 0.5) is 0 Å². The van der Waals surface area contributed by atoms with E-state index in [-0.39, 0.29) is 0 Å². The molecular formula is C15H16ClN5O4. The van der Waals surface area contributed by atoms with Crippen molar-refractivity contribution in [3.63, 3.8) is 0 Å². The normalized spacial score (nSPS) is 13.9. The summed E-state index contributed by atoms with van der Waals surface area (Å²) < 4.78 is 35.9. The van der Waals surface area contributed by atoms with Crippen molar-refractivity contribution in [1.29, 1.82) is 0 Å². The molecular weight excluding hydrogens is 350 g/mol. The maximum atomic E-state index is 8.49. The Kier molecular flexibility index (Phi) is 5.21. The van der Waals surface area contributed by atoms with Crippen LogP contribution in [0.2, 0.25) is 0 Å². The molecule has 0 saturated heterocycles. The third kappa shape index (κ3) is 4.91. The number of nitrogens with zero attached hydrogens (tertiary/aromatic N) is 5. The molecule has 2 heterocycles. The van der Waals surface area contributed by atoms with E-state index in [4.69, 9.17) is 18.6 Å². The highest BCUT2D eigenvalue weighted by atomic mass is 35.7. The summed E-state index contributed by atoms with van der Waals surface area (Å²) in [6.07, 6.45) is 6.62. The van der Waals surface area contributed by atoms with Gasteiger partial charge in [0.2, 0.25) is 0 Å². The van der Waals surface area contributed by atoms with E-state index in [9.17, 15) is 0 Å². The van der Waals surface area contributed by atoms with Crippen molar-refractivity contribution in [2.45, 2.75) is 32.2 Å². The Balaban J connectivity index is 0.000000324. The fourth-order valence-corrected chi connectivity index (χ4v) is 2.81. The molecule has 0 radical (unpaired) electrons. The summed E-state index contributed by atoms with van der Waals surface area (Å²) in [6.45, 7) is 0.680. The van der Waals surface area contributed by atoms with Crippen LogP contribution in [-0.2, 0) is 19.4 Å². The van der Waals surface area contributed by atoms with Gasteiger partial charge in [0.15, 0.2) is 0 Å². The molecule has 0 spiro atoms. The largest absolute Gasteiger partial charge is 0.439 e. The molecule has 0 bridgehead atoms. The van der Waals surface area contributed by atoms with Crippen LogP contribution in [0.5, 0.6) is 0 Å². The van der Waals surface area contributed by atoms with Gasteiger partial charge in [-0.3, -0.25) is 0 Å². The van der Waals surface area contributed by atoms with Crippen LogP contribution in [0.25, 0.3) is 5.78 Å². The van der Waals surface area contributed by atoms with Gasteiger partial charge in [0.1, 0.15) is 12.2 Å². The Morgan fingerprint density at radius 2 is 1.72 bits per heavy atom. The minimum Gasteiger partial charge on any atom is -0.222 e. The van der Waals surface area contributed by atoms with Crippen molar-refractivity contribution >= 4 is 5.78 Å². The minimum absolute atomic E-state index is 0.680. The molecule has 25 heavy (non-hydrogen) atoms. The predicted molar refractivity (Wildman–Crippen MR) is 73.2 cm³/mol. The summed E-state index contributed by atoms with van der Waals surface area (Å²) >= 11 is 0. The zero-order chi connectivity index (χ0) is 17.9. The standard InChI is InChI=1S/C15H16N5.ClHO4/c1-2-6-12(7-3-1)11-19-17-15-16-10-13-8-4-5-9-14(13)20(15)18-19;2-1(3,4)5/h1-3,6-7,10H,4-5,8-9,11H2;(H,2,3,4,5)/q+1;/p-1. The van der Waals surface area contributed by atoms with Gasteiger partial charge in [0.25, 0.3) is 0 Å². The van der Waals surface area contributed by atoms with Crippen molar-refractivity contribution in [3.8, 4) is 0 Å². The number of fused-ring (bicyclic) bond motifs is 3. The lowest BCUT2D eigenvalue weighted by Gasteiger charge is -2.17. The molecule has 0 amide bonds. The van der Waals surface area contributed by atoms with Crippen LogP contribution < -0.4 is 23.2 Å². The lowest BCUT2D eigenvalue weighted by molar-refractivity contribution is -2.00. The van der Waals surface area contributed by atoms with E-state index in [0.29, 0.717) is 12.3 Å². The van der Waals surface area contributed by atoms with Gasteiger partial charge in [-0.1, -0.05) is 34.8 Å². The van der Waals surface area contributed by atoms with Crippen LogP contribution in [0.3, 0.4) is 0 Å². The predicted octanol–water partition coefficient (Wildman–Crippen LogP) is -3.42. The summed E-state index contributed by atoms with van der Waals surface area (Å²) in [5.74, 6) is 0.696. The van der Waals surface area contributed by atoms with Crippen molar-refractivity contribution in [3.05, 3.63) is 53.3 Å². The maximum absolute atomic E-state index is 8.49. The molecule has 1 aromatic carbocycles. The highest BCUT2D eigenvalue weighted by molar-refractivity contribution is 5.22. The molecule has 0 fully saturated rings. The number of tetrazole rings is 1. The third-order valence-corrected chi connectivity index (χ3v) is 3.83. The summed E-state index contributed by atoms with van der Waals surface area (Å²) in [6, 6.07) is 10.3. The Bertz CT molecular complexity index is 844. The first kappa shape index (κ1) is 17.6. The van der Waals surface area contributed by atoms with Crippen LogP contribution >= 0.6 is 0 Å². The molecule has 1 aliphatic carbocycles. The summed E-state index contributed by atoms with van der Waals surface area (Å²) in [5, 5.41) is 9.05. The van der Waals surface area contributed by atoms with Crippen LogP contribution in [0.1, 0.15) is 29.7 Å². The fraction of sp³-hybridized carbons (Fsp3) is 0.333. The van der Waals surface area contributed by atoms with Gasteiger partial charge in [-0.15, -0.1) is 15.2 Å². The molecule has 0 N–H and O–H groups in total. The number of rotatable bonds is 2. The first-order valence-electron chi connectivity index (χ1n) is 7.70. The zero-order valence-electron chi connectivity index (χ0n) is 13.2. The lowest BCUT2D eigenvalue weighted by Crippen LogP contribution is -2.68. The number of hydrogen-bond donors (Lipinski definition) is 0. The first-order valence-corrected chi connectivity index (χ1v) is 8.93. The van der Waals surface area contributed by atoms with E-state index in [1.807, 2.05) is 28.9 Å². The average molecular weight is 366 g/mol. The second-order valence-corrected chi connectivity index (χ2v) is 6.39. The van der Waals surface area contributed by atoms with Gasteiger partial charge in [0.05, 0.1) is 11.3 Å². The monoisotopic (exact) mass is 365 g/mol. The molecule has 132 valence electrons. The van der Waals surface area contributed by atoms with Crippen molar-refractivity contribution in [2.24, 2.45) is 0 Å². The second-order valence-electron chi connectivity index (χ2n) is 5.63. The molecule has 1 aliphatic rings. The smallest absolute Gasteiger partial charge is 0.222 e. The van der Waals surface area contributed by atoms with E-state index in [0.717, 1.165) is 12.8 Å². The molecule has 0 unspecified atom stereocenters. The van der Waals surface area contributed by atoms with Gasteiger partial charge in [-0.25, -0.2) is 18.6 Å². The fourth-order valence-electron chi connectivity index (χ4n) is 2.81. The summed E-state index contributed by atoms with van der Waals surface area (Å²) in [5.41, 5.74) is 3.79. The number of benzene rings is 1. The van der Waals surface area contributed by atoms with E-state index in [1.165, 1.54) is 29.7 Å². The first-order chi connectivity index (χ1) is 11.9. The summed E-state index contributed by atoms with van der Waals surface area (Å²) in [4.78, 5) is 6.15. The summed E-state index contributed by atoms with van der Waals surface area (Å²) in [7, 11) is -4.94. The molecule has 10 heteroatoms. The second kappa shape index (κ2) is 7.38. The van der Waals surface area contributed by atoms with Gasteiger partial charge >= 0.3 is 5.78 Å². The number of halogens is 1. The van der Waals surface area contributed by atoms with Gasteiger partial charge in [-0.05, 0) is 29.6 Å². The molecule has 4 rings (SSSR count). The van der Waals surface area contributed by atoms with Crippen LogP contribution in [0, 0.1) is 10.2 Å². The van der Waals surface area contributed by atoms with Gasteiger partial charge in [0, 0.05) is 17.2 Å². The highest BCUT2D eigenvalue weighted by Crippen LogP contribution is 2.16. The van der Waals surface area contributed by atoms with Gasteiger partial charge in [-0.2, -0.15) is 0 Å². The lowest BCUT2D eigenvalue weighted by atomic mass is 9.98. The molecule has 2 aromatic heterocycles. The number of aromatic nitrogens is 5. The topological polar surface area (TPSA) is 140 Å². The SMILES string of the molecule is [O-][Cl+3]([O-])([O-])[O-].c1ccc(Cn2nc3ncc4c([n+]3n2)CCCC4)cc1. The highest BCUT2D eigenvalue weighted by Gasteiger charge is 2.21. The van der Waals surface area contributed by atoms with Crippen LogP contribution in [0.15, 0.2) is 36.5 Å². The molecule has 0 aliphatic heterocycles. The Morgan fingerprint density at radius 3 is 2.44 bits per heavy atom. The van der Waals surface area contributed by atoms with E-state index in [1.54, 1.807) is 4.80 Å².